The van der Waals surface area contributed by atoms with Gasteiger partial charge >= 0.3 is 0 Å². The molecule has 0 aromatic heterocycles. The fraction of sp³-hybridized carbons (Fsp3) is 0.278. The van der Waals surface area contributed by atoms with E-state index in [0.717, 1.165) is 23.5 Å². The lowest BCUT2D eigenvalue weighted by atomic mass is 10.2. The number of nitrogens with one attached hydrogen (secondary N) is 2. The minimum absolute atomic E-state index is 0. The van der Waals surface area contributed by atoms with Gasteiger partial charge in [0.25, 0.3) is 5.91 Å². The van der Waals surface area contributed by atoms with Crippen molar-refractivity contribution in [3.8, 4) is 5.75 Å². The highest BCUT2D eigenvalue weighted by atomic mass is 35.5. The molecule has 128 valence electrons. The van der Waals surface area contributed by atoms with Gasteiger partial charge in [-0.25, -0.2) is 0 Å². The molecule has 0 saturated carbocycles. The van der Waals surface area contributed by atoms with Crippen LogP contribution < -0.4 is 15.4 Å². The molecule has 1 saturated heterocycles. The highest BCUT2D eigenvalue weighted by Crippen LogP contribution is 2.17. The van der Waals surface area contributed by atoms with Gasteiger partial charge in [-0.1, -0.05) is 30.3 Å². The van der Waals surface area contributed by atoms with Crippen LogP contribution in [0.4, 0.5) is 5.69 Å². The van der Waals surface area contributed by atoms with Crippen LogP contribution in [-0.2, 0) is 16.1 Å². The zero-order valence-corrected chi connectivity index (χ0v) is 14.1. The number of amides is 1. The van der Waals surface area contributed by atoms with Gasteiger partial charge in [0.15, 0.2) is 0 Å². The average molecular weight is 349 g/mol. The van der Waals surface area contributed by atoms with Gasteiger partial charge in [0.05, 0.1) is 6.61 Å². The van der Waals surface area contributed by atoms with Crippen molar-refractivity contribution in [2.75, 3.05) is 25.0 Å². The highest BCUT2D eigenvalue weighted by Gasteiger charge is 2.21. The van der Waals surface area contributed by atoms with E-state index in [0.29, 0.717) is 19.8 Å². The lowest BCUT2D eigenvalue weighted by molar-refractivity contribution is -0.128. The van der Waals surface area contributed by atoms with Gasteiger partial charge in [0, 0.05) is 18.8 Å². The molecule has 0 aliphatic carbocycles. The molecule has 2 aromatic rings. The lowest BCUT2D eigenvalue weighted by Gasteiger charge is -2.22. The number of halogens is 1. The zero-order chi connectivity index (χ0) is 15.9. The molecule has 0 spiro atoms. The number of morpholine rings is 1. The molecule has 1 amide bonds. The quantitative estimate of drug-likeness (QED) is 0.872. The van der Waals surface area contributed by atoms with E-state index in [1.165, 1.54) is 0 Å². The predicted octanol–water partition coefficient (Wildman–Crippen LogP) is 2.61. The minimum atomic E-state index is -0.433. The first-order chi connectivity index (χ1) is 11.3. The molecule has 3 rings (SSSR count). The van der Waals surface area contributed by atoms with E-state index < -0.39 is 6.10 Å². The van der Waals surface area contributed by atoms with E-state index in [-0.39, 0.29) is 18.3 Å². The van der Waals surface area contributed by atoms with Crippen molar-refractivity contribution >= 4 is 24.0 Å². The van der Waals surface area contributed by atoms with E-state index in [1.807, 2.05) is 54.6 Å². The van der Waals surface area contributed by atoms with Gasteiger partial charge in [-0.3, -0.25) is 4.79 Å². The number of anilines is 1. The monoisotopic (exact) mass is 348 g/mol. The molecule has 2 N–H and O–H groups in total. The van der Waals surface area contributed by atoms with Gasteiger partial charge in [-0.2, -0.15) is 0 Å². The third-order valence-electron chi connectivity index (χ3n) is 3.59. The number of ether oxygens (including phenoxy) is 2. The number of carbonyl (C=O) groups is 1. The summed E-state index contributed by atoms with van der Waals surface area (Å²) < 4.78 is 11.1. The Balaban J connectivity index is 0.00000208. The summed E-state index contributed by atoms with van der Waals surface area (Å²) in [4.78, 5) is 12.1. The maximum Gasteiger partial charge on any atom is 0.254 e. The van der Waals surface area contributed by atoms with Crippen LogP contribution in [-0.4, -0.2) is 31.7 Å². The van der Waals surface area contributed by atoms with Crippen LogP contribution in [0.3, 0.4) is 0 Å². The standard InChI is InChI=1S/C18H20N2O3.ClH/c21-18(17-12-19-10-11-22-17)20-15-6-8-16(9-7-15)23-13-14-4-2-1-3-5-14;/h1-9,17,19H,10-13H2,(H,20,21);1H. The van der Waals surface area contributed by atoms with Crippen molar-refractivity contribution in [1.82, 2.24) is 5.32 Å². The van der Waals surface area contributed by atoms with Crippen molar-refractivity contribution in [3.05, 3.63) is 60.2 Å². The van der Waals surface area contributed by atoms with Crippen LogP contribution in [0.25, 0.3) is 0 Å². The summed E-state index contributed by atoms with van der Waals surface area (Å²) in [6.07, 6.45) is -0.433. The molecule has 24 heavy (non-hydrogen) atoms. The maximum atomic E-state index is 12.1. The van der Waals surface area contributed by atoms with Crippen LogP contribution in [0, 0.1) is 0 Å². The van der Waals surface area contributed by atoms with E-state index in [4.69, 9.17) is 9.47 Å². The summed E-state index contributed by atoms with van der Waals surface area (Å²) >= 11 is 0. The maximum absolute atomic E-state index is 12.1. The predicted molar refractivity (Wildman–Crippen MR) is 95.7 cm³/mol. The fourth-order valence-electron chi connectivity index (χ4n) is 2.33. The Morgan fingerprint density at radius 1 is 1.17 bits per heavy atom. The second-order valence-electron chi connectivity index (χ2n) is 5.35. The summed E-state index contributed by atoms with van der Waals surface area (Å²) in [6, 6.07) is 17.3. The summed E-state index contributed by atoms with van der Waals surface area (Å²) in [7, 11) is 0. The Labute approximate surface area is 147 Å². The Hall–Kier alpha value is -2.08. The molecule has 1 aliphatic heterocycles. The minimum Gasteiger partial charge on any atom is -0.489 e. The molecule has 1 fully saturated rings. The second-order valence-corrected chi connectivity index (χ2v) is 5.35. The van der Waals surface area contributed by atoms with Gasteiger partial charge < -0.3 is 20.1 Å². The van der Waals surface area contributed by atoms with Crippen molar-refractivity contribution in [3.63, 3.8) is 0 Å². The molecule has 2 aromatic carbocycles. The summed E-state index contributed by atoms with van der Waals surface area (Å²) in [5.41, 5.74) is 1.85. The molecule has 0 radical (unpaired) electrons. The number of carbonyl (C=O) groups excluding carboxylic acids is 1. The smallest absolute Gasteiger partial charge is 0.254 e. The zero-order valence-electron chi connectivity index (χ0n) is 13.2. The van der Waals surface area contributed by atoms with Crippen molar-refractivity contribution < 1.29 is 14.3 Å². The molecule has 6 heteroatoms. The molecule has 0 bridgehead atoms. The van der Waals surface area contributed by atoms with Crippen LogP contribution in [0.1, 0.15) is 5.56 Å². The Kier molecular flexibility index (Phi) is 7.06. The normalized spacial score (nSPS) is 16.8. The molecular weight excluding hydrogens is 328 g/mol. The van der Waals surface area contributed by atoms with E-state index in [2.05, 4.69) is 10.6 Å². The Bertz CT molecular complexity index is 628. The summed E-state index contributed by atoms with van der Waals surface area (Å²) in [5.74, 6) is 0.637. The summed E-state index contributed by atoms with van der Waals surface area (Å²) in [6.45, 7) is 2.42. The van der Waals surface area contributed by atoms with Gasteiger partial charge in [-0.15, -0.1) is 12.4 Å². The number of hydrogen-bond acceptors (Lipinski definition) is 4. The molecular formula is C18H21ClN2O3. The topological polar surface area (TPSA) is 59.6 Å². The van der Waals surface area contributed by atoms with Crippen molar-refractivity contribution in [2.45, 2.75) is 12.7 Å². The SMILES string of the molecule is Cl.O=C(Nc1ccc(OCc2ccccc2)cc1)C1CNCCO1. The first-order valence-corrected chi connectivity index (χ1v) is 7.71. The summed E-state index contributed by atoms with van der Waals surface area (Å²) in [5, 5.41) is 5.99. The fourth-order valence-corrected chi connectivity index (χ4v) is 2.33. The Morgan fingerprint density at radius 2 is 1.92 bits per heavy atom. The first kappa shape index (κ1) is 18.3. The van der Waals surface area contributed by atoms with Crippen LogP contribution in [0.5, 0.6) is 5.75 Å². The highest BCUT2D eigenvalue weighted by molar-refractivity contribution is 5.94. The van der Waals surface area contributed by atoms with Gasteiger partial charge in [0.2, 0.25) is 0 Å². The Morgan fingerprint density at radius 3 is 2.58 bits per heavy atom. The van der Waals surface area contributed by atoms with E-state index in [1.54, 1.807) is 0 Å². The third-order valence-corrected chi connectivity index (χ3v) is 3.59. The third kappa shape index (κ3) is 5.23. The van der Waals surface area contributed by atoms with E-state index in [9.17, 15) is 4.79 Å². The average Bonchev–Trinajstić information content (AvgIpc) is 2.63. The molecule has 5 nitrogen and oxygen atoms in total. The molecule has 1 atom stereocenters. The van der Waals surface area contributed by atoms with Gasteiger partial charge in [0.1, 0.15) is 18.5 Å². The van der Waals surface area contributed by atoms with Crippen LogP contribution in [0.2, 0.25) is 0 Å². The lowest BCUT2D eigenvalue weighted by Crippen LogP contribution is -2.45. The molecule has 1 heterocycles. The van der Waals surface area contributed by atoms with Crippen LogP contribution in [0.15, 0.2) is 54.6 Å². The molecule has 1 unspecified atom stereocenters. The van der Waals surface area contributed by atoms with Gasteiger partial charge in [-0.05, 0) is 29.8 Å². The van der Waals surface area contributed by atoms with Crippen LogP contribution >= 0.6 is 12.4 Å². The second kappa shape index (κ2) is 9.27. The number of benzene rings is 2. The largest absolute Gasteiger partial charge is 0.489 e. The number of hydrogen-bond donors (Lipinski definition) is 2. The van der Waals surface area contributed by atoms with Crippen molar-refractivity contribution in [2.24, 2.45) is 0 Å². The first-order valence-electron chi connectivity index (χ1n) is 7.71. The number of rotatable bonds is 5. The van der Waals surface area contributed by atoms with Crippen molar-refractivity contribution in [1.29, 1.82) is 0 Å². The molecule has 1 aliphatic rings. The van der Waals surface area contributed by atoms with E-state index >= 15 is 0 Å².